The Morgan fingerprint density at radius 3 is 2.57 bits per heavy atom. The Morgan fingerprint density at radius 2 is 1.89 bits per heavy atom. The fourth-order valence-electron chi connectivity index (χ4n) is 4.17. The molecule has 0 unspecified atom stereocenters. The lowest BCUT2D eigenvalue weighted by molar-refractivity contribution is -0.132. The van der Waals surface area contributed by atoms with Gasteiger partial charge in [-0.25, -0.2) is 4.98 Å². The molecule has 0 spiro atoms. The number of halogens is 1. The van der Waals surface area contributed by atoms with Gasteiger partial charge in [0.15, 0.2) is 0 Å². The number of ether oxygens (including phenoxy) is 1. The number of piperidine rings is 2. The van der Waals surface area contributed by atoms with Gasteiger partial charge in [-0.3, -0.25) is 9.69 Å². The summed E-state index contributed by atoms with van der Waals surface area (Å²) in [6.07, 6.45) is 6.65. The molecule has 0 aliphatic carbocycles. The summed E-state index contributed by atoms with van der Waals surface area (Å²) in [4.78, 5) is 21.4. The van der Waals surface area contributed by atoms with Crippen molar-refractivity contribution in [3.05, 3.63) is 46.4 Å². The predicted octanol–water partition coefficient (Wildman–Crippen LogP) is 3.87. The highest BCUT2D eigenvalue weighted by atomic mass is 35.5. The Kier molecular flexibility index (Phi) is 6.50. The molecule has 0 bridgehead atoms. The molecule has 0 atom stereocenters. The number of benzene rings is 1. The van der Waals surface area contributed by atoms with E-state index in [1.165, 1.54) is 0 Å². The number of aromatic nitrogens is 1. The number of amides is 1. The maximum absolute atomic E-state index is 12.6. The SMILES string of the molecule is O=C(Cc1ccccc1Cl)N1CCC(N2CCC(Oc3nccs3)CC2)CC1. The summed E-state index contributed by atoms with van der Waals surface area (Å²) in [5, 5.41) is 3.41. The highest BCUT2D eigenvalue weighted by Gasteiger charge is 2.30. The van der Waals surface area contributed by atoms with E-state index in [-0.39, 0.29) is 12.0 Å². The number of carbonyl (C=O) groups excluding carboxylic acids is 1. The van der Waals surface area contributed by atoms with Crippen LogP contribution in [0.4, 0.5) is 0 Å². The standard InChI is InChI=1S/C21H26ClN3O2S/c22-19-4-2-1-3-16(19)15-20(26)25-10-5-17(6-11-25)24-12-7-18(8-13-24)27-21-23-9-14-28-21/h1-4,9,14,17-18H,5-8,10-13,15H2. The molecule has 0 saturated carbocycles. The minimum absolute atomic E-state index is 0.183. The minimum Gasteiger partial charge on any atom is -0.467 e. The fraction of sp³-hybridized carbons (Fsp3) is 0.524. The second kappa shape index (κ2) is 9.25. The molecule has 0 N–H and O–H groups in total. The van der Waals surface area contributed by atoms with Gasteiger partial charge in [0.05, 0.1) is 6.42 Å². The van der Waals surface area contributed by atoms with Crippen molar-refractivity contribution in [1.29, 1.82) is 0 Å². The first kappa shape index (κ1) is 19.7. The van der Waals surface area contributed by atoms with Crippen LogP contribution in [0.25, 0.3) is 0 Å². The van der Waals surface area contributed by atoms with E-state index < -0.39 is 0 Å². The summed E-state index contributed by atoms with van der Waals surface area (Å²) >= 11 is 7.75. The van der Waals surface area contributed by atoms with Gasteiger partial charge in [0.1, 0.15) is 6.10 Å². The molecular weight excluding hydrogens is 394 g/mol. The van der Waals surface area contributed by atoms with Crippen molar-refractivity contribution in [2.45, 2.75) is 44.2 Å². The molecule has 1 aromatic heterocycles. The third kappa shape index (κ3) is 4.85. The van der Waals surface area contributed by atoms with Crippen molar-refractivity contribution in [3.63, 3.8) is 0 Å². The van der Waals surface area contributed by atoms with Gasteiger partial charge < -0.3 is 9.64 Å². The summed E-state index contributed by atoms with van der Waals surface area (Å²) in [5.41, 5.74) is 0.915. The molecule has 2 aliphatic rings. The number of hydrogen-bond donors (Lipinski definition) is 0. The molecule has 4 rings (SSSR count). The first-order chi connectivity index (χ1) is 13.7. The molecule has 7 heteroatoms. The van der Waals surface area contributed by atoms with E-state index in [0.717, 1.165) is 62.6 Å². The molecule has 28 heavy (non-hydrogen) atoms. The Balaban J connectivity index is 1.21. The lowest BCUT2D eigenvalue weighted by atomic mass is 9.98. The molecule has 2 aliphatic heterocycles. The van der Waals surface area contributed by atoms with Gasteiger partial charge >= 0.3 is 0 Å². The van der Waals surface area contributed by atoms with Crippen molar-refractivity contribution in [2.24, 2.45) is 0 Å². The molecule has 2 fully saturated rings. The van der Waals surface area contributed by atoms with E-state index in [1.807, 2.05) is 34.5 Å². The summed E-state index contributed by atoms with van der Waals surface area (Å²) in [6, 6.07) is 8.18. The zero-order chi connectivity index (χ0) is 19.3. The maximum atomic E-state index is 12.6. The van der Waals surface area contributed by atoms with Gasteiger partial charge in [0.2, 0.25) is 5.91 Å². The number of rotatable bonds is 5. The Labute approximate surface area is 175 Å². The van der Waals surface area contributed by atoms with Crippen LogP contribution in [0.2, 0.25) is 5.02 Å². The smallest absolute Gasteiger partial charge is 0.273 e. The van der Waals surface area contributed by atoms with Gasteiger partial charge in [-0.1, -0.05) is 41.1 Å². The van der Waals surface area contributed by atoms with Crippen LogP contribution in [-0.2, 0) is 11.2 Å². The number of likely N-dealkylation sites (tertiary alicyclic amines) is 2. The van der Waals surface area contributed by atoms with Crippen LogP contribution in [0.3, 0.4) is 0 Å². The molecule has 3 heterocycles. The Bertz CT molecular complexity index is 770. The fourth-order valence-corrected chi connectivity index (χ4v) is 4.92. The second-order valence-electron chi connectivity index (χ2n) is 7.53. The third-order valence-electron chi connectivity index (χ3n) is 5.79. The van der Waals surface area contributed by atoms with Crippen LogP contribution in [0.5, 0.6) is 5.19 Å². The number of nitrogens with zero attached hydrogens (tertiary/aromatic N) is 3. The summed E-state index contributed by atoms with van der Waals surface area (Å²) < 4.78 is 5.96. The predicted molar refractivity (Wildman–Crippen MR) is 112 cm³/mol. The first-order valence-corrected chi connectivity index (χ1v) is 11.3. The number of hydrogen-bond acceptors (Lipinski definition) is 5. The largest absolute Gasteiger partial charge is 0.467 e. The van der Waals surface area contributed by atoms with Crippen molar-refractivity contribution < 1.29 is 9.53 Å². The van der Waals surface area contributed by atoms with E-state index in [0.29, 0.717) is 17.5 Å². The third-order valence-corrected chi connectivity index (χ3v) is 6.82. The van der Waals surface area contributed by atoms with Gasteiger partial charge in [0, 0.05) is 48.8 Å². The van der Waals surface area contributed by atoms with Crippen molar-refractivity contribution in [3.8, 4) is 5.19 Å². The lowest BCUT2D eigenvalue weighted by Gasteiger charge is -2.41. The van der Waals surface area contributed by atoms with Crippen LogP contribution in [0.15, 0.2) is 35.8 Å². The van der Waals surface area contributed by atoms with E-state index in [2.05, 4.69) is 9.88 Å². The highest BCUT2D eigenvalue weighted by Crippen LogP contribution is 2.25. The van der Waals surface area contributed by atoms with Crippen molar-refractivity contribution in [1.82, 2.24) is 14.8 Å². The zero-order valence-electron chi connectivity index (χ0n) is 15.9. The van der Waals surface area contributed by atoms with Crippen molar-refractivity contribution >= 4 is 28.8 Å². The van der Waals surface area contributed by atoms with Crippen LogP contribution < -0.4 is 4.74 Å². The van der Waals surface area contributed by atoms with E-state index >= 15 is 0 Å². The minimum atomic E-state index is 0.183. The monoisotopic (exact) mass is 419 g/mol. The summed E-state index contributed by atoms with van der Waals surface area (Å²) in [5.74, 6) is 0.183. The van der Waals surface area contributed by atoms with Gasteiger partial charge in [0.25, 0.3) is 5.19 Å². The molecular formula is C21H26ClN3O2S. The van der Waals surface area contributed by atoms with E-state index in [1.54, 1.807) is 17.5 Å². The highest BCUT2D eigenvalue weighted by molar-refractivity contribution is 7.11. The summed E-state index contributed by atoms with van der Waals surface area (Å²) in [6.45, 7) is 3.80. The lowest BCUT2D eigenvalue weighted by Crippen LogP contribution is -2.50. The first-order valence-electron chi connectivity index (χ1n) is 10.0. The second-order valence-corrected chi connectivity index (χ2v) is 8.80. The van der Waals surface area contributed by atoms with Gasteiger partial charge in [-0.15, -0.1) is 0 Å². The average molecular weight is 420 g/mol. The molecule has 0 radical (unpaired) electrons. The zero-order valence-corrected chi connectivity index (χ0v) is 17.5. The van der Waals surface area contributed by atoms with Crippen LogP contribution in [-0.4, -0.2) is 59.0 Å². The molecule has 5 nitrogen and oxygen atoms in total. The van der Waals surface area contributed by atoms with E-state index in [9.17, 15) is 4.79 Å². The van der Waals surface area contributed by atoms with Gasteiger partial charge in [-0.05, 0) is 37.3 Å². The number of carbonyl (C=O) groups is 1. The quantitative estimate of drug-likeness (QED) is 0.737. The van der Waals surface area contributed by atoms with Crippen LogP contribution in [0, 0.1) is 0 Å². The maximum Gasteiger partial charge on any atom is 0.273 e. The van der Waals surface area contributed by atoms with Crippen LogP contribution >= 0.6 is 22.9 Å². The normalized spacial score (nSPS) is 19.7. The van der Waals surface area contributed by atoms with Gasteiger partial charge in [-0.2, -0.15) is 0 Å². The average Bonchev–Trinajstić information content (AvgIpc) is 3.23. The summed E-state index contributed by atoms with van der Waals surface area (Å²) in [7, 11) is 0. The Morgan fingerprint density at radius 1 is 1.14 bits per heavy atom. The molecule has 150 valence electrons. The Hall–Kier alpha value is -1.63. The molecule has 1 aromatic carbocycles. The topological polar surface area (TPSA) is 45.7 Å². The number of thiazole rings is 1. The molecule has 2 saturated heterocycles. The molecule has 2 aromatic rings. The molecule has 1 amide bonds. The van der Waals surface area contributed by atoms with Crippen LogP contribution in [0.1, 0.15) is 31.2 Å². The van der Waals surface area contributed by atoms with Crippen molar-refractivity contribution in [2.75, 3.05) is 26.2 Å². The van der Waals surface area contributed by atoms with E-state index in [4.69, 9.17) is 16.3 Å².